The Hall–Kier alpha value is -1.03. The fourth-order valence-electron chi connectivity index (χ4n) is 1.76. The maximum absolute atomic E-state index is 11.4. The van der Waals surface area contributed by atoms with Crippen molar-refractivity contribution in [2.45, 2.75) is 20.8 Å². The van der Waals surface area contributed by atoms with Gasteiger partial charge in [-0.05, 0) is 0 Å². The van der Waals surface area contributed by atoms with Crippen molar-refractivity contribution in [1.29, 1.82) is 0 Å². The van der Waals surface area contributed by atoms with Crippen molar-refractivity contribution in [3.05, 3.63) is 11.8 Å². The first kappa shape index (κ1) is 13.0. The molecule has 0 aromatic heterocycles. The summed E-state index contributed by atoms with van der Waals surface area (Å²) in [4.78, 5) is 13.5. The van der Waals surface area contributed by atoms with E-state index in [1.807, 2.05) is 0 Å². The third-order valence-electron chi connectivity index (χ3n) is 2.58. The van der Waals surface area contributed by atoms with E-state index < -0.39 is 0 Å². The van der Waals surface area contributed by atoms with Gasteiger partial charge in [0, 0.05) is 30.3 Å². The van der Waals surface area contributed by atoms with Crippen LogP contribution in [-0.2, 0) is 14.3 Å². The van der Waals surface area contributed by atoms with Gasteiger partial charge in [-0.3, -0.25) is 0 Å². The zero-order valence-electron chi connectivity index (χ0n) is 10.6. The lowest BCUT2D eigenvalue weighted by molar-refractivity contribution is -0.135. The minimum atomic E-state index is -0.295. The molecule has 1 rings (SSSR count). The molecule has 1 aliphatic rings. The van der Waals surface area contributed by atoms with Crippen LogP contribution in [0.3, 0.4) is 0 Å². The van der Waals surface area contributed by atoms with Crippen LogP contribution in [0, 0.1) is 5.41 Å². The maximum Gasteiger partial charge on any atom is 0.332 e. The van der Waals surface area contributed by atoms with Crippen LogP contribution < -0.4 is 0 Å². The van der Waals surface area contributed by atoms with Gasteiger partial charge in [0.2, 0.25) is 0 Å². The van der Waals surface area contributed by atoms with Crippen LogP contribution in [0.5, 0.6) is 0 Å². The molecule has 92 valence electrons. The highest BCUT2D eigenvalue weighted by Gasteiger charge is 2.25. The Labute approximate surface area is 97.2 Å². The topological polar surface area (TPSA) is 38.8 Å². The molecule has 4 nitrogen and oxygen atoms in total. The number of morpholine rings is 1. The molecule has 16 heavy (non-hydrogen) atoms. The first-order chi connectivity index (χ1) is 7.45. The van der Waals surface area contributed by atoms with Gasteiger partial charge in [0.05, 0.1) is 20.3 Å². The van der Waals surface area contributed by atoms with Crippen LogP contribution in [0.1, 0.15) is 20.8 Å². The molecule has 0 atom stereocenters. The smallest absolute Gasteiger partial charge is 0.332 e. The molecule has 0 N–H and O–H groups in total. The number of ether oxygens (including phenoxy) is 2. The number of methoxy groups -OCH3 is 1. The van der Waals surface area contributed by atoms with Crippen molar-refractivity contribution >= 4 is 5.97 Å². The molecule has 0 aliphatic carbocycles. The highest BCUT2D eigenvalue weighted by Crippen LogP contribution is 2.28. The number of nitrogens with zero attached hydrogens (tertiary/aromatic N) is 1. The Kier molecular flexibility index (Phi) is 4.35. The van der Waals surface area contributed by atoms with Gasteiger partial charge in [-0.1, -0.05) is 20.8 Å². The van der Waals surface area contributed by atoms with E-state index in [1.54, 1.807) is 6.08 Å². The van der Waals surface area contributed by atoms with Crippen LogP contribution in [0.25, 0.3) is 0 Å². The number of carbonyl (C=O) groups excluding carboxylic acids is 1. The summed E-state index contributed by atoms with van der Waals surface area (Å²) in [6.07, 6.45) is 1.59. The van der Waals surface area contributed by atoms with Gasteiger partial charge in [-0.2, -0.15) is 0 Å². The van der Waals surface area contributed by atoms with Gasteiger partial charge < -0.3 is 14.4 Å². The van der Waals surface area contributed by atoms with Gasteiger partial charge in [0.1, 0.15) is 0 Å². The van der Waals surface area contributed by atoms with E-state index >= 15 is 0 Å². The van der Waals surface area contributed by atoms with Crippen LogP contribution in [0.2, 0.25) is 0 Å². The van der Waals surface area contributed by atoms with Crippen molar-refractivity contribution in [1.82, 2.24) is 4.90 Å². The summed E-state index contributed by atoms with van der Waals surface area (Å²) in [5, 5.41) is 0. The van der Waals surface area contributed by atoms with E-state index in [0.29, 0.717) is 13.2 Å². The zero-order chi connectivity index (χ0) is 12.2. The van der Waals surface area contributed by atoms with Crippen LogP contribution in [0.4, 0.5) is 0 Å². The third kappa shape index (κ3) is 3.52. The molecule has 0 aromatic carbocycles. The van der Waals surface area contributed by atoms with Gasteiger partial charge in [-0.15, -0.1) is 0 Å². The second-order valence-electron chi connectivity index (χ2n) is 4.90. The molecule has 0 aromatic rings. The summed E-state index contributed by atoms with van der Waals surface area (Å²) in [6.45, 7) is 9.38. The minimum absolute atomic E-state index is 0.0640. The standard InChI is InChI=1S/C12H21NO3/c1-12(2,3)10(9-11(14)15-4)13-5-7-16-8-6-13/h9H,5-8H2,1-4H3/b10-9+. The molecule has 4 heteroatoms. The average Bonchev–Trinajstić information content (AvgIpc) is 2.25. The van der Waals surface area contributed by atoms with E-state index in [0.717, 1.165) is 18.8 Å². The first-order valence-electron chi connectivity index (χ1n) is 5.58. The van der Waals surface area contributed by atoms with Crippen molar-refractivity contribution in [3.63, 3.8) is 0 Å². The summed E-state index contributed by atoms with van der Waals surface area (Å²) >= 11 is 0. The van der Waals surface area contributed by atoms with Gasteiger partial charge in [0.15, 0.2) is 0 Å². The van der Waals surface area contributed by atoms with E-state index in [-0.39, 0.29) is 11.4 Å². The SMILES string of the molecule is COC(=O)/C=C(/N1CCOCC1)C(C)(C)C. The maximum atomic E-state index is 11.4. The lowest BCUT2D eigenvalue weighted by Gasteiger charge is -2.37. The van der Waals surface area contributed by atoms with E-state index in [9.17, 15) is 4.79 Å². The Morgan fingerprint density at radius 3 is 2.31 bits per heavy atom. The summed E-state index contributed by atoms with van der Waals surface area (Å²) in [6, 6.07) is 0. The van der Waals surface area contributed by atoms with Crippen molar-refractivity contribution in [3.8, 4) is 0 Å². The third-order valence-corrected chi connectivity index (χ3v) is 2.58. The number of esters is 1. The molecule has 1 fully saturated rings. The Bertz CT molecular complexity index is 272. The number of hydrogen-bond donors (Lipinski definition) is 0. The molecule has 1 aliphatic heterocycles. The normalized spacial score (nSPS) is 18.5. The molecule has 0 spiro atoms. The largest absolute Gasteiger partial charge is 0.466 e. The first-order valence-corrected chi connectivity index (χ1v) is 5.58. The summed E-state index contributed by atoms with van der Waals surface area (Å²) in [5.41, 5.74) is 0.952. The van der Waals surface area contributed by atoms with Crippen molar-refractivity contribution < 1.29 is 14.3 Å². The van der Waals surface area contributed by atoms with Gasteiger partial charge in [0.25, 0.3) is 0 Å². The zero-order valence-corrected chi connectivity index (χ0v) is 10.6. The van der Waals surface area contributed by atoms with Crippen LogP contribution in [-0.4, -0.2) is 44.3 Å². The molecular weight excluding hydrogens is 206 g/mol. The molecule has 1 saturated heterocycles. The molecule has 0 saturated carbocycles. The average molecular weight is 227 g/mol. The number of rotatable bonds is 2. The molecule has 1 heterocycles. The number of hydrogen-bond acceptors (Lipinski definition) is 4. The summed E-state index contributed by atoms with van der Waals surface area (Å²) in [7, 11) is 1.40. The lowest BCUT2D eigenvalue weighted by atomic mass is 9.90. The predicted molar refractivity (Wildman–Crippen MR) is 61.9 cm³/mol. The Morgan fingerprint density at radius 2 is 1.88 bits per heavy atom. The van der Waals surface area contributed by atoms with E-state index in [1.165, 1.54) is 7.11 Å². The second kappa shape index (κ2) is 5.34. The predicted octanol–water partition coefficient (Wildman–Crippen LogP) is 1.42. The van der Waals surface area contributed by atoms with Crippen LogP contribution >= 0.6 is 0 Å². The fraction of sp³-hybridized carbons (Fsp3) is 0.750. The molecular formula is C12H21NO3. The highest BCUT2D eigenvalue weighted by atomic mass is 16.5. The Balaban J connectivity index is 2.86. The summed E-state index contributed by atoms with van der Waals surface area (Å²) < 4.78 is 10.0. The monoisotopic (exact) mass is 227 g/mol. The van der Waals surface area contributed by atoms with Gasteiger partial charge >= 0.3 is 5.97 Å². The number of carbonyl (C=O) groups is 1. The van der Waals surface area contributed by atoms with Crippen molar-refractivity contribution in [2.75, 3.05) is 33.4 Å². The lowest BCUT2D eigenvalue weighted by Crippen LogP contribution is -2.39. The molecule has 0 bridgehead atoms. The molecule has 0 amide bonds. The summed E-state index contributed by atoms with van der Waals surface area (Å²) in [5.74, 6) is -0.295. The molecule has 0 radical (unpaired) electrons. The van der Waals surface area contributed by atoms with E-state index in [2.05, 4.69) is 25.7 Å². The quantitative estimate of drug-likeness (QED) is 0.528. The van der Waals surface area contributed by atoms with Crippen LogP contribution in [0.15, 0.2) is 11.8 Å². The van der Waals surface area contributed by atoms with Crippen molar-refractivity contribution in [2.24, 2.45) is 5.41 Å². The highest BCUT2D eigenvalue weighted by molar-refractivity contribution is 5.82. The minimum Gasteiger partial charge on any atom is -0.466 e. The second-order valence-corrected chi connectivity index (χ2v) is 4.90. The Morgan fingerprint density at radius 1 is 1.31 bits per heavy atom. The van der Waals surface area contributed by atoms with Gasteiger partial charge in [-0.25, -0.2) is 4.79 Å². The number of allylic oxidation sites excluding steroid dienone is 1. The fourth-order valence-corrected chi connectivity index (χ4v) is 1.76. The van der Waals surface area contributed by atoms with E-state index in [4.69, 9.17) is 9.47 Å². The molecule has 0 unspecified atom stereocenters.